The van der Waals surface area contributed by atoms with Crippen LogP contribution in [-0.2, 0) is 4.79 Å². The molecule has 4 heteroatoms. The van der Waals surface area contributed by atoms with Gasteiger partial charge < -0.3 is 5.32 Å². The van der Waals surface area contributed by atoms with Gasteiger partial charge in [-0.15, -0.1) is 0 Å². The van der Waals surface area contributed by atoms with Crippen molar-refractivity contribution in [3.05, 3.63) is 77.9 Å². The molecular weight excluding hydrogens is 310 g/mol. The first kappa shape index (κ1) is 16.7. The lowest BCUT2D eigenvalue weighted by molar-refractivity contribution is -0.121. The predicted octanol–water partition coefficient (Wildman–Crippen LogP) is 4.10. The number of benzene rings is 3. The van der Waals surface area contributed by atoms with Crippen molar-refractivity contribution in [1.29, 1.82) is 0 Å². The second kappa shape index (κ2) is 7.62. The molecular formula is C21H21N3O. The molecule has 0 unspecified atom stereocenters. The van der Waals surface area contributed by atoms with Crippen LogP contribution in [0.15, 0.2) is 71.8 Å². The van der Waals surface area contributed by atoms with Gasteiger partial charge in [0.15, 0.2) is 0 Å². The Bertz CT molecular complexity index is 918. The maximum atomic E-state index is 12.2. The van der Waals surface area contributed by atoms with Crippen LogP contribution < -0.4 is 10.7 Å². The number of carbonyl (C=O) groups excluding carboxylic acids is 1. The molecule has 0 spiro atoms. The number of para-hydroxylation sites is 1. The summed E-state index contributed by atoms with van der Waals surface area (Å²) in [7, 11) is 0. The molecule has 0 heterocycles. The van der Waals surface area contributed by atoms with Crippen LogP contribution in [0.4, 0.5) is 5.69 Å². The number of nitrogens with zero attached hydrogens (tertiary/aromatic N) is 1. The van der Waals surface area contributed by atoms with Crippen LogP contribution >= 0.6 is 0 Å². The highest BCUT2D eigenvalue weighted by Crippen LogP contribution is 2.15. The van der Waals surface area contributed by atoms with Crippen molar-refractivity contribution in [1.82, 2.24) is 5.43 Å². The average Bonchev–Trinajstić information content (AvgIpc) is 2.63. The second-order valence-electron chi connectivity index (χ2n) is 6.02. The Morgan fingerprint density at radius 3 is 2.52 bits per heavy atom. The number of carbonyl (C=O) groups is 1. The SMILES string of the molecule is Cc1ccccc1N[C@@H](C)C(=O)N/N=C\c1ccc2ccccc2c1. The summed E-state index contributed by atoms with van der Waals surface area (Å²) < 4.78 is 0. The molecule has 0 aromatic heterocycles. The molecule has 126 valence electrons. The second-order valence-corrected chi connectivity index (χ2v) is 6.02. The smallest absolute Gasteiger partial charge is 0.262 e. The van der Waals surface area contributed by atoms with Gasteiger partial charge in [-0.2, -0.15) is 5.10 Å². The maximum absolute atomic E-state index is 12.2. The third-order valence-electron chi connectivity index (χ3n) is 4.07. The number of hydrazone groups is 1. The minimum atomic E-state index is -0.380. The van der Waals surface area contributed by atoms with E-state index in [1.807, 2.05) is 68.4 Å². The molecule has 1 amide bonds. The molecule has 0 aliphatic carbocycles. The van der Waals surface area contributed by atoms with Gasteiger partial charge in [-0.1, -0.05) is 54.6 Å². The fraction of sp³-hybridized carbons (Fsp3) is 0.143. The van der Waals surface area contributed by atoms with Gasteiger partial charge in [0.2, 0.25) is 0 Å². The Balaban J connectivity index is 1.60. The Morgan fingerprint density at radius 2 is 1.72 bits per heavy atom. The molecule has 0 saturated carbocycles. The van der Waals surface area contributed by atoms with Crippen LogP contribution in [0, 0.1) is 6.92 Å². The highest BCUT2D eigenvalue weighted by molar-refractivity contribution is 5.91. The maximum Gasteiger partial charge on any atom is 0.262 e. The summed E-state index contributed by atoms with van der Waals surface area (Å²) in [6, 6.07) is 21.7. The summed E-state index contributed by atoms with van der Waals surface area (Å²) in [5.41, 5.74) is 5.58. The number of hydrogen-bond donors (Lipinski definition) is 2. The zero-order valence-corrected chi connectivity index (χ0v) is 14.4. The van der Waals surface area contributed by atoms with Crippen molar-refractivity contribution in [2.45, 2.75) is 19.9 Å². The molecule has 3 rings (SSSR count). The van der Waals surface area contributed by atoms with Gasteiger partial charge in [0, 0.05) is 5.69 Å². The van der Waals surface area contributed by atoms with E-state index < -0.39 is 0 Å². The summed E-state index contributed by atoms with van der Waals surface area (Å²) in [6.07, 6.45) is 1.66. The van der Waals surface area contributed by atoms with Crippen LogP contribution in [0.2, 0.25) is 0 Å². The number of fused-ring (bicyclic) bond motifs is 1. The van der Waals surface area contributed by atoms with Crippen LogP contribution in [-0.4, -0.2) is 18.2 Å². The van der Waals surface area contributed by atoms with Gasteiger partial charge in [0.05, 0.1) is 6.21 Å². The highest BCUT2D eigenvalue weighted by Gasteiger charge is 2.12. The van der Waals surface area contributed by atoms with Crippen LogP contribution in [0.5, 0.6) is 0 Å². The van der Waals surface area contributed by atoms with Crippen LogP contribution in [0.1, 0.15) is 18.1 Å². The lowest BCUT2D eigenvalue weighted by Gasteiger charge is -2.15. The normalized spacial score (nSPS) is 12.2. The molecule has 0 aliphatic heterocycles. The van der Waals surface area contributed by atoms with Gasteiger partial charge in [0.25, 0.3) is 5.91 Å². The zero-order valence-electron chi connectivity index (χ0n) is 14.4. The largest absolute Gasteiger partial charge is 0.374 e. The molecule has 25 heavy (non-hydrogen) atoms. The standard InChI is InChI=1S/C21H21N3O/c1-15-7-3-6-10-20(15)23-16(2)21(25)24-22-14-17-11-12-18-8-4-5-9-19(18)13-17/h3-14,16,23H,1-2H3,(H,24,25)/b22-14-/t16-/m0/s1. The van der Waals surface area contributed by atoms with Gasteiger partial charge in [-0.05, 0) is 47.9 Å². The van der Waals surface area contributed by atoms with E-state index in [2.05, 4.69) is 28.0 Å². The van der Waals surface area contributed by atoms with E-state index >= 15 is 0 Å². The fourth-order valence-corrected chi connectivity index (χ4v) is 2.59. The summed E-state index contributed by atoms with van der Waals surface area (Å²) in [5.74, 6) is -0.180. The van der Waals surface area contributed by atoms with Crippen LogP contribution in [0.3, 0.4) is 0 Å². The topological polar surface area (TPSA) is 53.5 Å². The van der Waals surface area contributed by atoms with Gasteiger partial charge in [0.1, 0.15) is 6.04 Å². The van der Waals surface area contributed by atoms with E-state index in [1.54, 1.807) is 6.21 Å². The zero-order chi connectivity index (χ0) is 17.6. The van der Waals surface area contributed by atoms with Crippen molar-refractivity contribution in [2.24, 2.45) is 5.10 Å². The Hall–Kier alpha value is -3.14. The monoisotopic (exact) mass is 331 g/mol. The lowest BCUT2D eigenvalue weighted by Crippen LogP contribution is -2.35. The fourth-order valence-electron chi connectivity index (χ4n) is 2.59. The molecule has 0 saturated heterocycles. The minimum Gasteiger partial charge on any atom is -0.374 e. The third-order valence-corrected chi connectivity index (χ3v) is 4.07. The Kier molecular flexibility index (Phi) is 5.09. The number of amides is 1. The summed E-state index contributed by atoms with van der Waals surface area (Å²) in [6.45, 7) is 3.82. The van der Waals surface area contributed by atoms with E-state index in [0.717, 1.165) is 22.2 Å². The molecule has 0 bridgehead atoms. The van der Waals surface area contributed by atoms with Crippen molar-refractivity contribution >= 4 is 28.6 Å². The number of rotatable bonds is 5. The van der Waals surface area contributed by atoms with E-state index in [0.29, 0.717) is 0 Å². The lowest BCUT2D eigenvalue weighted by atomic mass is 10.1. The molecule has 1 atom stereocenters. The van der Waals surface area contributed by atoms with Crippen molar-refractivity contribution < 1.29 is 4.79 Å². The van der Waals surface area contributed by atoms with E-state index in [-0.39, 0.29) is 11.9 Å². The van der Waals surface area contributed by atoms with Gasteiger partial charge >= 0.3 is 0 Å². The van der Waals surface area contributed by atoms with E-state index in [4.69, 9.17) is 0 Å². The Labute approximate surface area is 147 Å². The van der Waals surface area contributed by atoms with Crippen molar-refractivity contribution in [2.75, 3.05) is 5.32 Å². The van der Waals surface area contributed by atoms with Gasteiger partial charge in [-0.25, -0.2) is 5.43 Å². The summed E-state index contributed by atoms with van der Waals surface area (Å²) in [5, 5.41) is 9.59. The predicted molar refractivity (Wildman–Crippen MR) is 104 cm³/mol. The Morgan fingerprint density at radius 1 is 1.00 bits per heavy atom. The first-order valence-corrected chi connectivity index (χ1v) is 8.27. The number of nitrogens with one attached hydrogen (secondary N) is 2. The molecule has 3 aromatic rings. The molecule has 3 aromatic carbocycles. The number of anilines is 1. The number of aryl methyl sites for hydroxylation is 1. The first-order valence-electron chi connectivity index (χ1n) is 8.27. The molecule has 0 fully saturated rings. The highest BCUT2D eigenvalue weighted by atomic mass is 16.2. The van der Waals surface area contributed by atoms with Crippen molar-refractivity contribution in [3.63, 3.8) is 0 Å². The van der Waals surface area contributed by atoms with Crippen LogP contribution in [0.25, 0.3) is 10.8 Å². The summed E-state index contributed by atoms with van der Waals surface area (Å²) >= 11 is 0. The quantitative estimate of drug-likeness (QED) is 0.546. The average molecular weight is 331 g/mol. The van der Waals surface area contributed by atoms with E-state index in [9.17, 15) is 4.79 Å². The number of hydrogen-bond acceptors (Lipinski definition) is 3. The van der Waals surface area contributed by atoms with Gasteiger partial charge in [-0.3, -0.25) is 4.79 Å². The summed E-state index contributed by atoms with van der Waals surface area (Å²) in [4.78, 5) is 12.2. The van der Waals surface area contributed by atoms with Crippen molar-refractivity contribution in [3.8, 4) is 0 Å². The molecule has 2 N–H and O–H groups in total. The molecule has 0 radical (unpaired) electrons. The minimum absolute atomic E-state index is 0.180. The molecule has 0 aliphatic rings. The third kappa shape index (κ3) is 4.23. The molecule has 4 nitrogen and oxygen atoms in total. The van der Waals surface area contributed by atoms with E-state index in [1.165, 1.54) is 5.39 Å². The first-order chi connectivity index (χ1) is 12.1.